The van der Waals surface area contributed by atoms with Crippen LogP contribution in [-0.4, -0.2) is 55.5 Å². The van der Waals surface area contributed by atoms with Crippen LogP contribution in [0.5, 0.6) is 17.2 Å². The van der Waals surface area contributed by atoms with E-state index in [1.807, 2.05) is 80.7 Å². The van der Waals surface area contributed by atoms with E-state index in [0.717, 1.165) is 57.3 Å². The quantitative estimate of drug-likeness (QED) is 0.208. The first-order valence-corrected chi connectivity index (χ1v) is 15.4. The van der Waals surface area contributed by atoms with Gasteiger partial charge in [0.05, 0.1) is 26.5 Å². The Bertz CT molecular complexity index is 1550. The lowest BCUT2D eigenvalue weighted by molar-refractivity contribution is -0.143. The first kappa shape index (κ1) is 31.6. The molecule has 1 aliphatic rings. The SMILES string of the molecule is COc1ccc(CCNC(=O)C(Cc2ccc3c(c2)CCO3)(Cc2cc(C)nn2C)C(=O)NCCc2ccc(OC)cc2)cc1. The summed E-state index contributed by atoms with van der Waals surface area (Å²) in [6.07, 6.45) is 2.46. The third kappa shape index (κ3) is 7.66. The minimum Gasteiger partial charge on any atom is -0.497 e. The monoisotopic (exact) mass is 610 g/mol. The number of ether oxygens (including phenoxy) is 3. The lowest BCUT2D eigenvalue weighted by Gasteiger charge is -2.32. The first-order valence-electron chi connectivity index (χ1n) is 15.4. The molecule has 0 atom stereocenters. The summed E-state index contributed by atoms with van der Waals surface area (Å²) >= 11 is 0. The zero-order chi connectivity index (χ0) is 31.8. The number of carbonyl (C=O) groups excluding carboxylic acids is 2. The second-order valence-electron chi connectivity index (χ2n) is 11.6. The summed E-state index contributed by atoms with van der Waals surface area (Å²) in [7, 11) is 5.12. The van der Waals surface area contributed by atoms with Gasteiger partial charge in [0.1, 0.15) is 22.7 Å². The number of aromatic nitrogens is 2. The molecule has 3 aromatic carbocycles. The van der Waals surface area contributed by atoms with Gasteiger partial charge in [0.15, 0.2) is 0 Å². The van der Waals surface area contributed by atoms with Gasteiger partial charge >= 0.3 is 0 Å². The van der Waals surface area contributed by atoms with Crippen LogP contribution < -0.4 is 24.8 Å². The highest BCUT2D eigenvalue weighted by Gasteiger charge is 2.46. The average Bonchev–Trinajstić information content (AvgIpc) is 3.65. The van der Waals surface area contributed by atoms with Gasteiger partial charge in [-0.25, -0.2) is 0 Å². The molecule has 2 heterocycles. The number of benzene rings is 3. The van der Waals surface area contributed by atoms with Crippen LogP contribution in [0.2, 0.25) is 0 Å². The molecule has 9 nitrogen and oxygen atoms in total. The van der Waals surface area contributed by atoms with Gasteiger partial charge in [-0.1, -0.05) is 36.4 Å². The van der Waals surface area contributed by atoms with E-state index < -0.39 is 5.41 Å². The number of methoxy groups -OCH3 is 2. The second-order valence-corrected chi connectivity index (χ2v) is 11.6. The Morgan fingerprint density at radius 2 is 1.38 bits per heavy atom. The van der Waals surface area contributed by atoms with Crippen LogP contribution in [0.25, 0.3) is 0 Å². The van der Waals surface area contributed by atoms with Gasteiger partial charge in [-0.3, -0.25) is 14.3 Å². The minimum atomic E-state index is -1.42. The second kappa shape index (κ2) is 14.3. The van der Waals surface area contributed by atoms with Crippen molar-refractivity contribution >= 4 is 11.8 Å². The highest BCUT2D eigenvalue weighted by Crippen LogP contribution is 2.33. The maximum absolute atomic E-state index is 14.4. The first-order chi connectivity index (χ1) is 21.8. The van der Waals surface area contributed by atoms with Gasteiger partial charge in [-0.15, -0.1) is 0 Å². The smallest absolute Gasteiger partial charge is 0.236 e. The lowest BCUT2D eigenvalue weighted by atomic mass is 9.75. The molecular formula is C36H42N4O5. The Labute approximate surface area is 264 Å². The van der Waals surface area contributed by atoms with E-state index in [9.17, 15) is 9.59 Å². The van der Waals surface area contributed by atoms with Crippen molar-refractivity contribution in [2.45, 2.75) is 39.0 Å². The fourth-order valence-corrected chi connectivity index (χ4v) is 5.89. The van der Waals surface area contributed by atoms with Gasteiger partial charge in [-0.05, 0) is 84.8 Å². The van der Waals surface area contributed by atoms with Crippen LogP contribution >= 0.6 is 0 Å². The number of hydrogen-bond donors (Lipinski definition) is 2. The molecule has 2 amide bonds. The van der Waals surface area contributed by atoms with Crippen LogP contribution in [0.1, 0.15) is 33.6 Å². The molecule has 0 saturated carbocycles. The molecule has 0 aliphatic carbocycles. The van der Waals surface area contributed by atoms with Gasteiger partial charge in [0, 0.05) is 38.7 Å². The Morgan fingerprint density at radius 3 is 1.89 bits per heavy atom. The molecular weight excluding hydrogens is 568 g/mol. The molecule has 9 heteroatoms. The zero-order valence-corrected chi connectivity index (χ0v) is 26.5. The van der Waals surface area contributed by atoms with Gasteiger partial charge in [-0.2, -0.15) is 5.10 Å². The lowest BCUT2D eigenvalue weighted by Crippen LogP contribution is -2.55. The highest BCUT2D eigenvalue weighted by molar-refractivity contribution is 6.05. The molecule has 1 aromatic heterocycles. The van der Waals surface area contributed by atoms with E-state index in [1.165, 1.54) is 0 Å². The Morgan fingerprint density at radius 1 is 0.822 bits per heavy atom. The summed E-state index contributed by atoms with van der Waals surface area (Å²) in [5.74, 6) is 1.79. The van der Waals surface area contributed by atoms with Crippen molar-refractivity contribution in [2.24, 2.45) is 12.5 Å². The number of amides is 2. The van der Waals surface area contributed by atoms with Crippen molar-refractivity contribution in [3.8, 4) is 17.2 Å². The largest absolute Gasteiger partial charge is 0.497 e. The predicted molar refractivity (Wildman–Crippen MR) is 173 cm³/mol. The van der Waals surface area contributed by atoms with Crippen LogP contribution in [0.15, 0.2) is 72.8 Å². The van der Waals surface area contributed by atoms with E-state index in [4.69, 9.17) is 14.2 Å². The summed E-state index contributed by atoms with van der Waals surface area (Å²) in [5.41, 5.74) is 4.35. The molecule has 0 bridgehead atoms. The Kier molecular flexibility index (Phi) is 10.1. The van der Waals surface area contributed by atoms with Crippen molar-refractivity contribution in [2.75, 3.05) is 33.9 Å². The molecule has 2 N–H and O–H groups in total. The van der Waals surface area contributed by atoms with Crippen molar-refractivity contribution in [1.82, 2.24) is 20.4 Å². The van der Waals surface area contributed by atoms with Crippen molar-refractivity contribution < 1.29 is 23.8 Å². The molecule has 0 spiro atoms. The van der Waals surface area contributed by atoms with E-state index >= 15 is 0 Å². The van der Waals surface area contributed by atoms with Crippen LogP contribution in [0.3, 0.4) is 0 Å². The Balaban J connectivity index is 1.42. The summed E-state index contributed by atoms with van der Waals surface area (Å²) in [5, 5.41) is 10.8. The number of nitrogens with one attached hydrogen (secondary N) is 2. The van der Waals surface area contributed by atoms with Crippen LogP contribution in [0.4, 0.5) is 0 Å². The molecule has 0 unspecified atom stereocenters. The van der Waals surface area contributed by atoms with Gasteiger partial charge in [0.2, 0.25) is 11.8 Å². The Hall–Kier alpha value is -4.79. The van der Waals surface area contributed by atoms with E-state index in [1.54, 1.807) is 18.9 Å². The number of fused-ring (bicyclic) bond motifs is 1. The molecule has 1 aliphatic heterocycles. The molecule has 4 aromatic rings. The van der Waals surface area contributed by atoms with Crippen molar-refractivity contribution in [1.29, 1.82) is 0 Å². The zero-order valence-electron chi connectivity index (χ0n) is 26.5. The minimum absolute atomic E-state index is 0.195. The topological polar surface area (TPSA) is 104 Å². The highest BCUT2D eigenvalue weighted by atomic mass is 16.5. The van der Waals surface area contributed by atoms with Crippen molar-refractivity contribution in [3.63, 3.8) is 0 Å². The predicted octanol–water partition coefficient (Wildman–Crippen LogP) is 4.17. The number of rotatable bonds is 14. The summed E-state index contributed by atoms with van der Waals surface area (Å²) in [4.78, 5) is 28.8. The summed E-state index contributed by atoms with van der Waals surface area (Å²) < 4.78 is 18.0. The summed E-state index contributed by atoms with van der Waals surface area (Å²) in [6.45, 7) is 3.31. The van der Waals surface area contributed by atoms with E-state index in [2.05, 4.69) is 21.8 Å². The maximum atomic E-state index is 14.4. The van der Waals surface area contributed by atoms with Gasteiger partial charge in [0.25, 0.3) is 0 Å². The molecule has 0 saturated heterocycles. The van der Waals surface area contributed by atoms with E-state index in [-0.39, 0.29) is 24.7 Å². The fraction of sp³-hybridized carbons (Fsp3) is 0.361. The van der Waals surface area contributed by atoms with Crippen molar-refractivity contribution in [3.05, 3.63) is 106 Å². The van der Waals surface area contributed by atoms with Crippen LogP contribution in [0, 0.1) is 12.3 Å². The summed E-state index contributed by atoms with van der Waals surface area (Å²) in [6, 6.07) is 23.5. The third-order valence-corrected chi connectivity index (χ3v) is 8.43. The average molecular weight is 611 g/mol. The fourth-order valence-electron chi connectivity index (χ4n) is 5.89. The maximum Gasteiger partial charge on any atom is 0.236 e. The van der Waals surface area contributed by atoms with E-state index in [0.29, 0.717) is 32.5 Å². The molecule has 0 fully saturated rings. The molecule has 0 radical (unpaired) electrons. The molecule has 5 rings (SSSR count). The van der Waals surface area contributed by atoms with Crippen LogP contribution in [-0.2, 0) is 48.7 Å². The van der Waals surface area contributed by atoms with Gasteiger partial charge < -0.3 is 24.8 Å². The molecule has 236 valence electrons. The normalized spacial score (nSPS) is 12.3. The number of hydrogen-bond acceptors (Lipinski definition) is 6. The third-order valence-electron chi connectivity index (χ3n) is 8.43. The number of carbonyl (C=O) groups is 2. The number of nitrogens with zero attached hydrogens (tertiary/aromatic N) is 2. The standard InChI is InChI=1S/C36H42N4O5/c1-25-21-30(40(2)39-25)24-36(23-28-9-14-33-29(22-28)17-20-45-33,34(41)37-18-15-26-5-10-31(43-3)11-6-26)35(42)38-19-16-27-7-12-32(44-4)13-8-27/h5-14,21-22H,15-20,23-24H2,1-4H3,(H,37,41)(H,38,42). The number of aryl methyl sites for hydroxylation is 2. The molecule has 45 heavy (non-hydrogen) atoms.